The van der Waals surface area contributed by atoms with Crippen LogP contribution in [0.25, 0.3) is 0 Å². The molecule has 2 aromatic rings. The average molecular weight is 409 g/mol. The quantitative estimate of drug-likeness (QED) is 0.687. The van der Waals surface area contributed by atoms with E-state index < -0.39 is 10.0 Å². The van der Waals surface area contributed by atoms with Gasteiger partial charge in [0.05, 0.1) is 11.5 Å². The molecule has 0 spiro atoms. The first kappa shape index (κ1) is 20.3. The molecule has 7 heteroatoms. The Morgan fingerprint density at radius 2 is 1.93 bits per heavy atom. The fourth-order valence-corrected chi connectivity index (χ4v) is 5.08. The van der Waals surface area contributed by atoms with Crippen LogP contribution in [0.4, 0.5) is 0 Å². The van der Waals surface area contributed by atoms with Crippen LogP contribution in [-0.2, 0) is 16.6 Å². The summed E-state index contributed by atoms with van der Waals surface area (Å²) in [5.74, 6) is 1.10. The van der Waals surface area contributed by atoms with Gasteiger partial charge in [0.15, 0.2) is 0 Å². The van der Waals surface area contributed by atoms with Gasteiger partial charge < -0.3 is 4.74 Å². The van der Waals surface area contributed by atoms with Crippen LogP contribution < -0.4 is 9.46 Å². The molecular weight excluding hydrogens is 380 g/mol. The molecule has 5 nitrogen and oxygen atoms in total. The molecule has 0 radical (unpaired) electrons. The van der Waals surface area contributed by atoms with Gasteiger partial charge in [-0.2, -0.15) is 0 Å². The Balaban J connectivity index is 1.45. The first-order valence-electron chi connectivity index (χ1n) is 9.54. The molecule has 27 heavy (non-hydrogen) atoms. The molecule has 1 aromatic carbocycles. The van der Waals surface area contributed by atoms with Gasteiger partial charge in [-0.1, -0.05) is 13.0 Å². The molecule has 148 valence electrons. The van der Waals surface area contributed by atoms with Crippen LogP contribution in [0, 0.1) is 5.92 Å². The van der Waals surface area contributed by atoms with Crippen molar-refractivity contribution in [2.24, 2.45) is 5.92 Å². The number of rotatable bonds is 9. The van der Waals surface area contributed by atoms with Crippen molar-refractivity contribution in [3.05, 3.63) is 46.7 Å². The zero-order valence-corrected chi connectivity index (χ0v) is 17.4. The number of hydrogen-bond acceptors (Lipinski definition) is 5. The van der Waals surface area contributed by atoms with E-state index in [0.717, 1.165) is 38.9 Å². The van der Waals surface area contributed by atoms with E-state index >= 15 is 0 Å². The van der Waals surface area contributed by atoms with E-state index in [1.807, 2.05) is 6.92 Å². The third-order valence-electron chi connectivity index (χ3n) is 4.84. The molecule has 0 atom stereocenters. The molecule has 1 aromatic heterocycles. The maximum atomic E-state index is 12.5. The van der Waals surface area contributed by atoms with Crippen LogP contribution >= 0.6 is 11.3 Å². The van der Waals surface area contributed by atoms with Gasteiger partial charge >= 0.3 is 0 Å². The minimum absolute atomic E-state index is 0.293. The first-order valence-corrected chi connectivity index (χ1v) is 11.9. The Kier molecular flexibility index (Phi) is 7.29. The van der Waals surface area contributed by atoms with E-state index in [9.17, 15) is 8.42 Å². The van der Waals surface area contributed by atoms with E-state index in [-0.39, 0.29) is 0 Å². The number of hydrogen-bond donors (Lipinski definition) is 1. The van der Waals surface area contributed by atoms with Crippen molar-refractivity contribution < 1.29 is 13.2 Å². The summed E-state index contributed by atoms with van der Waals surface area (Å²) in [6.45, 7) is 6.22. The maximum absolute atomic E-state index is 12.5. The van der Waals surface area contributed by atoms with E-state index in [0.29, 0.717) is 29.7 Å². The molecule has 0 saturated carbocycles. The molecule has 0 bridgehead atoms. The van der Waals surface area contributed by atoms with Crippen molar-refractivity contribution in [1.82, 2.24) is 9.62 Å². The smallest absolute Gasteiger partial charge is 0.240 e. The molecule has 3 rings (SSSR count). The lowest BCUT2D eigenvalue weighted by atomic mass is 9.97. The van der Waals surface area contributed by atoms with Gasteiger partial charge in [0, 0.05) is 18.0 Å². The normalized spacial score (nSPS) is 16.5. The van der Waals surface area contributed by atoms with Crippen molar-refractivity contribution in [1.29, 1.82) is 0 Å². The molecule has 2 heterocycles. The fraction of sp³-hybridized carbons (Fsp3) is 0.500. The Morgan fingerprint density at radius 1 is 1.19 bits per heavy atom. The van der Waals surface area contributed by atoms with Crippen LogP contribution in [-0.4, -0.2) is 39.6 Å². The molecule has 1 saturated heterocycles. The monoisotopic (exact) mass is 408 g/mol. The number of ether oxygens (including phenoxy) is 1. The minimum Gasteiger partial charge on any atom is -0.494 e. The third-order valence-corrected chi connectivity index (χ3v) is 7.14. The molecule has 1 N–H and O–H groups in total. The number of thiophene rings is 1. The van der Waals surface area contributed by atoms with Crippen LogP contribution in [0.15, 0.2) is 46.7 Å². The highest BCUT2D eigenvalue weighted by molar-refractivity contribution is 7.89. The van der Waals surface area contributed by atoms with E-state index in [1.54, 1.807) is 35.6 Å². The van der Waals surface area contributed by atoms with Crippen LogP contribution in [0.3, 0.4) is 0 Å². The molecule has 0 amide bonds. The molecule has 1 aliphatic heterocycles. The second kappa shape index (κ2) is 9.68. The summed E-state index contributed by atoms with van der Waals surface area (Å²) in [7, 11) is -3.47. The topological polar surface area (TPSA) is 58.6 Å². The lowest BCUT2D eigenvalue weighted by Crippen LogP contribution is -2.38. The summed E-state index contributed by atoms with van der Waals surface area (Å²) in [6, 6.07) is 10.9. The fourth-order valence-electron chi connectivity index (χ4n) is 3.22. The second-order valence-electron chi connectivity index (χ2n) is 6.97. The summed E-state index contributed by atoms with van der Waals surface area (Å²) in [5.41, 5.74) is 0. The van der Waals surface area contributed by atoms with Gasteiger partial charge in [-0.15, -0.1) is 11.3 Å². The zero-order chi connectivity index (χ0) is 19.1. The molecule has 1 fully saturated rings. The Morgan fingerprint density at radius 3 is 2.56 bits per heavy atom. The Hall–Kier alpha value is -1.41. The van der Waals surface area contributed by atoms with Gasteiger partial charge in [-0.3, -0.25) is 4.90 Å². The summed E-state index contributed by atoms with van der Waals surface area (Å²) >= 11 is 1.79. The average Bonchev–Trinajstić information content (AvgIpc) is 3.19. The van der Waals surface area contributed by atoms with Crippen molar-refractivity contribution in [3.63, 3.8) is 0 Å². The predicted octanol–water partition coefficient (Wildman–Crippen LogP) is 3.73. The lowest BCUT2D eigenvalue weighted by Gasteiger charge is -2.31. The van der Waals surface area contributed by atoms with Crippen molar-refractivity contribution in [2.45, 2.75) is 37.6 Å². The van der Waals surface area contributed by atoms with E-state index in [2.05, 4.69) is 27.1 Å². The van der Waals surface area contributed by atoms with Gasteiger partial charge in [-0.25, -0.2) is 13.1 Å². The standard InChI is InChI=1S/C20H28N2O3S2/c1-2-13-25-18-5-7-20(8-6-18)27(23,24)21-15-17-9-11-22(12-10-17)16-19-4-3-14-26-19/h3-8,14,17,21H,2,9-13,15-16H2,1H3. The Labute approximate surface area is 166 Å². The highest BCUT2D eigenvalue weighted by Crippen LogP contribution is 2.21. The molecular formula is C20H28N2O3S2. The van der Waals surface area contributed by atoms with E-state index in [1.165, 1.54) is 4.88 Å². The van der Waals surface area contributed by atoms with Crippen molar-refractivity contribution in [3.8, 4) is 5.75 Å². The number of benzene rings is 1. The van der Waals surface area contributed by atoms with Gasteiger partial charge in [-0.05, 0) is 74.0 Å². The van der Waals surface area contributed by atoms with Crippen molar-refractivity contribution >= 4 is 21.4 Å². The summed E-state index contributed by atoms with van der Waals surface area (Å²) in [5, 5.41) is 2.11. The summed E-state index contributed by atoms with van der Waals surface area (Å²) in [6.07, 6.45) is 2.98. The Bertz CT molecular complexity index is 781. The molecule has 1 aliphatic rings. The van der Waals surface area contributed by atoms with Crippen LogP contribution in [0.2, 0.25) is 0 Å². The van der Waals surface area contributed by atoms with Crippen LogP contribution in [0.5, 0.6) is 5.75 Å². The number of nitrogens with zero attached hydrogens (tertiary/aromatic N) is 1. The summed E-state index contributed by atoms with van der Waals surface area (Å²) in [4.78, 5) is 4.13. The molecule has 0 aliphatic carbocycles. The summed E-state index contributed by atoms with van der Waals surface area (Å²) < 4.78 is 33.3. The number of piperidine rings is 1. The van der Waals surface area contributed by atoms with E-state index in [4.69, 9.17) is 4.74 Å². The predicted molar refractivity (Wildman–Crippen MR) is 110 cm³/mol. The second-order valence-corrected chi connectivity index (χ2v) is 9.77. The van der Waals surface area contributed by atoms with Crippen LogP contribution in [0.1, 0.15) is 31.1 Å². The maximum Gasteiger partial charge on any atom is 0.240 e. The highest BCUT2D eigenvalue weighted by Gasteiger charge is 2.22. The zero-order valence-electron chi connectivity index (χ0n) is 15.8. The van der Waals surface area contributed by atoms with Crippen molar-refractivity contribution in [2.75, 3.05) is 26.2 Å². The number of nitrogens with one attached hydrogen (secondary N) is 1. The van der Waals surface area contributed by atoms with Gasteiger partial charge in [0.2, 0.25) is 10.0 Å². The SMILES string of the molecule is CCCOc1ccc(S(=O)(=O)NCC2CCN(Cc3cccs3)CC2)cc1. The highest BCUT2D eigenvalue weighted by atomic mass is 32.2. The minimum atomic E-state index is -3.47. The van der Waals surface area contributed by atoms with Gasteiger partial charge in [0.1, 0.15) is 5.75 Å². The first-order chi connectivity index (χ1) is 13.1. The van der Waals surface area contributed by atoms with Gasteiger partial charge in [0.25, 0.3) is 0 Å². The molecule has 0 unspecified atom stereocenters. The number of likely N-dealkylation sites (tertiary alicyclic amines) is 1. The third kappa shape index (κ3) is 6.04. The number of sulfonamides is 1. The lowest BCUT2D eigenvalue weighted by molar-refractivity contribution is 0.180. The largest absolute Gasteiger partial charge is 0.494 e.